The van der Waals surface area contributed by atoms with Crippen LogP contribution in [0.15, 0.2) is 48.5 Å². The molecule has 0 radical (unpaired) electrons. The molecule has 0 atom stereocenters. The lowest BCUT2D eigenvalue weighted by Crippen LogP contribution is -2.35. The van der Waals surface area contributed by atoms with Crippen molar-refractivity contribution in [2.24, 2.45) is 0 Å². The van der Waals surface area contributed by atoms with E-state index >= 15 is 0 Å². The van der Waals surface area contributed by atoms with Crippen molar-refractivity contribution in [3.63, 3.8) is 0 Å². The van der Waals surface area contributed by atoms with Gasteiger partial charge in [-0.15, -0.1) is 0 Å². The van der Waals surface area contributed by atoms with Gasteiger partial charge in [0.1, 0.15) is 5.75 Å². The number of carbonyl (C=O) groups excluding carboxylic acids is 2. The van der Waals surface area contributed by atoms with Crippen LogP contribution in [-0.2, 0) is 0 Å². The molecule has 2 rings (SSSR count). The third-order valence-electron chi connectivity index (χ3n) is 4.32. The van der Waals surface area contributed by atoms with E-state index < -0.39 is 0 Å². The standard InChI is InChI=1S/C23H29N3O3S/c1-3-5-8-16-29-18-13-11-17(12-14-18)21(27)26-23(30)25-20-10-7-6-9-19(20)22(28)24-15-4-2/h6-7,9-14H,3-5,8,15-16H2,1-2H3,(H,24,28)(H2,25,26,27,30). The molecule has 0 aliphatic rings. The predicted molar refractivity (Wildman–Crippen MR) is 124 cm³/mol. The molecule has 0 saturated carbocycles. The Balaban J connectivity index is 1.92. The maximum Gasteiger partial charge on any atom is 0.257 e. The van der Waals surface area contributed by atoms with Crippen LogP contribution >= 0.6 is 12.2 Å². The van der Waals surface area contributed by atoms with Crippen LogP contribution in [0.4, 0.5) is 5.69 Å². The number of para-hydroxylation sites is 1. The van der Waals surface area contributed by atoms with Crippen molar-refractivity contribution < 1.29 is 14.3 Å². The zero-order valence-electron chi connectivity index (χ0n) is 17.5. The Hall–Kier alpha value is -2.93. The molecule has 0 bridgehead atoms. The Labute approximate surface area is 183 Å². The molecule has 7 heteroatoms. The Morgan fingerprint density at radius 1 is 0.933 bits per heavy atom. The van der Waals surface area contributed by atoms with Gasteiger partial charge in [0.2, 0.25) is 0 Å². The maximum atomic E-state index is 12.5. The summed E-state index contributed by atoms with van der Waals surface area (Å²) in [6, 6.07) is 13.9. The van der Waals surface area contributed by atoms with Crippen molar-refractivity contribution in [1.82, 2.24) is 10.6 Å². The number of carbonyl (C=O) groups is 2. The summed E-state index contributed by atoms with van der Waals surface area (Å²) < 4.78 is 5.66. The van der Waals surface area contributed by atoms with E-state index in [0.29, 0.717) is 30.0 Å². The molecule has 0 aromatic heterocycles. The molecule has 0 aliphatic carbocycles. The number of rotatable bonds is 10. The van der Waals surface area contributed by atoms with Gasteiger partial charge < -0.3 is 15.4 Å². The molecule has 30 heavy (non-hydrogen) atoms. The molecule has 0 fully saturated rings. The first-order valence-electron chi connectivity index (χ1n) is 10.3. The van der Waals surface area contributed by atoms with Crippen molar-refractivity contribution in [2.75, 3.05) is 18.5 Å². The van der Waals surface area contributed by atoms with Gasteiger partial charge >= 0.3 is 0 Å². The third kappa shape index (κ3) is 7.48. The molecule has 0 unspecified atom stereocenters. The van der Waals surface area contributed by atoms with Crippen molar-refractivity contribution in [3.05, 3.63) is 59.7 Å². The normalized spacial score (nSPS) is 10.2. The average molecular weight is 428 g/mol. The van der Waals surface area contributed by atoms with Gasteiger partial charge in [-0.3, -0.25) is 14.9 Å². The second-order valence-corrected chi connectivity index (χ2v) is 7.20. The molecular formula is C23H29N3O3S. The van der Waals surface area contributed by atoms with Gasteiger partial charge in [0.05, 0.1) is 17.9 Å². The summed E-state index contributed by atoms with van der Waals surface area (Å²) in [6.45, 7) is 5.39. The molecular weight excluding hydrogens is 398 g/mol. The minimum absolute atomic E-state index is 0.121. The van der Waals surface area contributed by atoms with Gasteiger partial charge in [-0.05, 0) is 61.5 Å². The highest BCUT2D eigenvalue weighted by atomic mass is 32.1. The molecule has 0 heterocycles. The lowest BCUT2D eigenvalue weighted by molar-refractivity contribution is 0.0952. The second-order valence-electron chi connectivity index (χ2n) is 6.79. The third-order valence-corrected chi connectivity index (χ3v) is 4.52. The molecule has 0 saturated heterocycles. The van der Waals surface area contributed by atoms with Crippen LogP contribution in [0.5, 0.6) is 5.75 Å². The van der Waals surface area contributed by atoms with E-state index in [1.54, 1.807) is 48.5 Å². The molecule has 160 valence electrons. The van der Waals surface area contributed by atoms with E-state index in [-0.39, 0.29) is 16.9 Å². The van der Waals surface area contributed by atoms with Crippen LogP contribution in [-0.4, -0.2) is 30.1 Å². The van der Waals surface area contributed by atoms with Gasteiger partial charge in [0.15, 0.2) is 5.11 Å². The summed E-state index contributed by atoms with van der Waals surface area (Å²) in [5.74, 6) is 0.205. The largest absolute Gasteiger partial charge is 0.494 e. The van der Waals surface area contributed by atoms with Gasteiger partial charge in [0, 0.05) is 12.1 Å². The zero-order chi connectivity index (χ0) is 21.8. The molecule has 2 aromatic carbocycles. The zero-order valence-corrected chi connectivity index (χ0v) is 18.3. The average Bonchev–Trinajstić information content (AvgIpc) is 2.75. The van der Waals surface area contributed by atoms with Gasteiger partial charge in [-0.1, -0.05) is 38.8 Å². The van der Waals surface area contributed by atoms with E-state index in [0.717, 1.165) is 31.4 Å². The fourth-order valence-corrected chi connectivity index (χ4v) is 2.90. The van der Waals surface area contributed by atoms with Crippen molar-refractivity contribution in [3.8, 4) is 5.75 Å². The van der Waals surface area contributed by atoms with Gasteiger partial charge in [-0.25, -0.2) is 0 Å². The molecule has 3 N–H and O–H groups in total. The fraction of sp³-hybridized carbons (Fsp3) is 0.348. The molecule has 0 spiro atoms. The summed E-state index contributed by atoms with van der Waals surface area (Å²) in [5.41, 5.74) is 1.47. The smallest absolute Gasteiger partial charge is 0.257 e. The summed E-state index contributed by atoms with van der Waals surface area (Å²) in [4.78, 5) is 24.8. The summed E-state index contributed by atoms with van der Waals surface area (Å²) in [6.07, 6.45) is 4.13. The molecule has 6 nitrogen and oxygen atoms in total. The minimum atomic E-state index is -0.335. The first kappa shape index (κ1) is 23.3. The topological polar surface area (TPSA) is 79.5 Å². The van der Waals surface area contributed by atoms with Crippen LogP contribution in [0.1, 0.15) is 60.2 Å². The van der Waals surface area contributed by atoms with Crippen molar-refractivity contribution in [2.45, 2.75) is 39.5 Å². The number of ether oxygens (including phenoxy) is 1. The highest BCUT2D eigenvalue weighted by Gasteiger charge is 2.13. The van der Waals surface area contributed by atoms with Crippen molar-refractivity contribution in [1.29, 1.82) is 0 Å². The number of thiocarbonyl (C=S) groups is 1. The Morgan fingerprint density at radius 2 is 1.67 bits per heavy atom. The monoisotopic (exact) mass is 427 g/mol. The second kappa shape index (κ2) is 12.6. The number of amides is 2. The number of hydrogen-bond donors (Lipinski definition) is 3. The van der Waals surface area contributed by atoms with Crippen LogP contribution in [0.2, 0.25) is 0 Å². The quantitative estimate of drug-likeness (QED) is 0.384. The Bertz CT molecular complexity index is 853. The molecule has 0 aliphatic heterocycles. The first-order valence-corrected chi connectivity index (χ1v) is 10.7. The molecule has 2 amide bonds. The number of anilines is 1. The summed E-state index contributed by atoms with van der Waals surface area (Å²) >= 11 is 5.25. The predicted octanol–water partition coefficient (Wildman–Crippen LogP) is 4.52. The number of nitrogens with one attached hydrogen (secondary N) is 3. The van der Waals surface area contributed by atoms with Gasteiger partial charge in [0.25, 0.3) is 11.8 Å². The van der Waals surface area contributed by atoms with Crippen molar-refractivity contribution >= 4 is 34.8 Å². The lowest BCUT2D eigenvalue weighted by atomic mass is 10.1. The van der Waals surface area contributed by atoms with Crippen LogP contribution < -0.4 is 20.7 Å². The van der Waals surface area contributed by atoms with Gasteiger partial charge in [-0.2, -0.15) is 0 Å². The summed E-state index contributed by atoms with van der Waals surface area (Å²) in [5, 5.41) is 8.53. The van der Waals surface area contributed by atoms with Crippen LogP contribution in [0.3, 0.4) is 0 Å². The SMILES string of the molecule is CCCCCOc1ccc(C(=O)NC(=S)Nc2ccccc2C(=O)NCCC)cc1. The first-order chi connectivity index (χ1) is 14.5. The van der Waals surface area contributed by atoms with E-state index in [1.807, 2.05) is 6.92 Å². The fourth-order valence-electron chi connectivity index (χ4n) is 2.70. The lowest BCUT2D eigenvalue weighted by Gasteiger charge is -2.13. The van der Waals surface area contributed by atoms with Crippen LogP contribution in [0.25, 0.3) is 0 Å². The van der Waals surface area contributed by atoms with E-state index in [1.165, 1.54) is 0 Å². The number of hydrogen-bond acceptors (Lipinski definition) is 4. The minimum Gasteiger partial charge on any atom is -0.494 e. The van der Waals surface area contributed by atoms with E-state index in [4.69, 9.17) is 17.0 Å². The highest BCUT2D eigenvalue weighted by Crippen LogP contribution is 2.16. The number of benzene rings is 2. The Kier molecular flexibility index (Phi) is 9.80. The number of unbranched alkanes of at least 4 members (excludes halogenated alkanes) is 2. The molecule has 2 aromatic rings. The maximum absolute atomic E-state index is 12.5. The Morgan fingerprint density at radius 3 is 2.37 bits per heavy atom. The van der Waals surface area contributed by atoms with Crippen LogP contribution in [0, 0.1) is 0 Å². The summed E-state index contributed by atoms with van der Waals surface area (Å²) in [7, 11) is 0. The van der Waals surface area contributed by atoms with E-state index in [9.17, 15) is 9.59 Å². The highest BCUT2D eigenvalue weighted by molar-refractivity contribution is 7.80. The van der Waals surface area contributed by atoms with E-state index in [2.05, 4.69) is 22.9 Å².